The Balaban J connectivity index is 1.67. The minimum absolute atomic E-state index is 0.140. The Hall–Kier alpha value is -2.21. The number of aliphatic hydroxyl groups excluding tert-OH is 1. The first-order valence-electron chi connectivity index (χ1n) is 7.07. The number of pyridine rings is 1. The van der Waals surface area contributed by atoms with E-state index in [0.29, 0.717) is 25.1 Å². The van der Waals surface area contributed by atoms with Gasteiger partial charge in [-0.3, -0.25) is 0 Å². The molecule has 4 nitrogen and oxygen atoms in total. The molecule has 2 heterocycles. The highest BCUT2D eigenvalue weighted by molar-refractivity contribution is 5.43. The lowest BCUT2D eigenvalue weighted by molar-refractivity contribution is 0.198. The summed E-state index contributed by atoms with van der Waals surface area (Å²) in [5.74, 6) is -0.334. The summed E-state index contributed by atoms with van der Waals surface area (Å²) in [5.41, 5.74) is 0.659. The second kappa shape index (κ2) is 6.27. The van der Waals surface area contributed by atoms with E-state index in [2.05, 4.69) is 4.98 Å². The lowest BCUT2D eigenvalue weighted by Gasteiger charge is -2.17. The van der Waals surface area contributed by atoms with Crippen molar-refractivity contribution in [2.24, 2.45) is 0 Å². The number of β-amino-alcohol motifs (C(OH)–C–C–N with tert-alkyl or cyclic N) is 1. The van der Waals surface area contributed by atoms with Gasteiger partial charge >= 0.3 is 0 Å². The van der Waals surface area contributed by atoms with Gasteiger partial charge in [-0.15, -0.1) is 0 Å². The van der Waals surface area contributed by atoms with Crippen molar-refractivity contribution in [2.75, 3.05) is 18.0 Å². The van der Waals surface area contributed by atoms with Crippen molar-refractivity contribution in [3.63, 3.8) is 0 Å². The number of halogens is 2. The SMILES string of the molecule is O[C@@H]1CCN(c2ncc(OCc3cccc(F)c3)cc2F)C1. The normalized spacial score (nSPS) is 17.8. The first-order chi connectivity index (χ1) is 10.6. The molecule has 1 N–H and O–H groups in total. The van der Waals surface area contributed by atoms with Crippen molar-refractivity contribution < 1.29 is 18.6 Å². The van der Waals surface area contributed by atoms with Gasteiger partial charge in [-0.2, -0.15) is 0 Å². The molecule has 1 fully saturated rings. The van der Waals surface area contributed by atoms with Gasteiger partial charge in [0.2, 0.25) is 0 Å². The van der Waals surface area contributed by atoms with E-state index in [1.54, 1.807) is 17.0 Å². The lowest BCUT2D eigenvalue weighted by Crippen LogP contribution is -2.23. The predicted octanol–water partition coefficient (Wildman–Crippen LogP) is 2.51. The molecule has 1 saturated heterocycles. The molecular weight excluding hydrogens is 290 g/mol. The number of rotatable bonds is 4. The predicted molar refractivity (Wildman–Crippen MR) is 77.8 cm³/mol. The fraction of sp³-hybridized carbons (Fsp3) is 0.312. The Morgan fingerprint density at radius 2 is 2.18 bits per heavy atom. The number of ether oxygens (including phenoxy) is 1. The number of hydrogen-bond donors (Lipinski definition) is 1. The summed E-state index contributed by atoms with van der Waals surface area (Å²) >= 11 is 0. The summed E-state index contributed by atoms with van der Waals surface area (Å²) < 4.78 is 32.6. The van der Waals surface area contributed by atoms with Crippen molar-refractivity contribution in [1.29, 1.82) is 0 Å². The molecule has 1 aromatic heterocycles. The highest BCUT2D eigenvalue weighted by Gasteiger charge is 2.23. The Labute approximate surface area is 127 Å². The maximum absolute atomic E-state index is 14.1. The quantitative estimate of drug-likeness (QED) is 0.943. The number of nitrogens with zero attached hydrogens (tertiary/aromatic N) is 2. The average molecular weight is 306 g/mol. The van der Waals surface area contributed by atoms with Crippen molar-refractivity contribution in [2.45, 2.75) is 19.1 Å². The van der Waals surface area contributed by atoms with Gasteiger partial charge in [-0.1, -0.05) is 12.1 Å². The fourth-order valence-corrected chi connectivity index (χ4v) is 2.45. The lowest BCUT2D eigenvalue weighted by atomic mass is 10.2. The van der Waals surface area contributed by atoms with E-state index < -0.39 is 11.9 Å². The Bertz CT molecular complexity index is 666. The Morgan fingerprint density at radius 3 is 2.86 bits per heavy atom. The van der Waals surface area contributed by atoms with Gasteiger partial charge in [0.25, 0.3) is 0 Å². The zero-order chi connectivity index (χ0) is 15.5. The van der Waals surface area contributed by atoms with Crippen LogP contribution in [0, 0.1) is 11.6 Å². The Morgan fingerprint density at radius 1 is 1.32 bits per heavy atom. The van der Waals surface area contributed by atoms with Crippen LogP contribution in [0.1, 0.15) is 12.0 Å². The highest BCUT2D eigenvalue weighted by Crippen LogP contribution is 2.24. The summed E-state index contributed by atoms with van der Waals surface area (Å²) in [6.07, 6.45) is 1.60. The fourth-order valence-electron chi connectivity index (χ4n) is 2.45. The van der Waals surface area contributed by atoms with Crippen molar-refractivity contribution in [3.8, 4) is 5.75 Å². The minimum atomic E-state index is -0.495. The van der Waals surface area contributed by atoms with E-state index in [1.165, 1.54) is 24.4 Å². The van der Waals surface area contributed by atoms with Crippen LogP contribution in [0.15, 0.2) is 36.5 Å². The van der Waals surface area contributed by atoms with E-state index in [1.807, 2.05) is 0 Å². The molecule has 0 aliphatic carbocycles. The molecule has 2 aromatic rings. The third-order valence-electron chi connectivity index (χ3n) is 3.55. The molecule has 1 aliphatic rings. The second-order valence-corrected chi connectivity index (χ2v) is 5.28. The van der Waals surface area contributed by atoms with Gasteiger partial charge in [-0.25, -0.2) is 13.8 Å². The van der Waals surface area contributed by atoms with Crippen molar-refractivity contribution in [3.05, 3.63) is 53.7 Å². The molecule has 1 aromatic carbocycles. The second-order valence-electron chi connectivity index (χ2n) is 5.28. The molecule has 3 rings (SSSR count). The largest absolute Gasteiger partial charge is 0.487 e. The number of aliphatic hydroxyl groups is 1. The highest BCUT2D eigenvalue weighted by atomic mass is 19.1. The molecular formula is C16H16F2N2O2. The summed E-state index contributed by atoms with van der Waals surface area (Å²) in [6.45, 7) is 1.10. The van der Waals surface area contributed by atoms with Gasteiger partial charge in [0.15, 0.2) is 11.6 Å². The standard InChI is InChI=1S/C16H16F2N2O2/c17-12-3-1-2-11(6-12)10-22-14-7-15(18)16(19-8-14)20-5-4-13(21)9-20/h1-3,6-8,13,21H,4-5,9-10H2/t13-/m1/s1. The van der Waals surface area contributed by atoms with Crippen LogP contribution in [0.2, 0.25) is 0 Å². The van der Waals surface area contributed by atoms with Gasteiger partial charge in [0, 0.05) is 19.2 Å². The third-order valence-corrected chi connectivity index (χ3v) is 3.55. The molecule has 0 radical (unpaired) electrons. The van der Waals surface area contributed by atoms with Crippen LogP contribution in [-0.2, 0) is 6.61 Å². The molecule has 116 valence electrons. The van der Waals surface area contributed by atoms with Gasteiger partial charge < -0.3 is 14.7 Å². The maximum Gasteiger partial charge on any atom is 0.169 e. The van der Waals surface area contributed by atoms with Gasteiger partial charge in [0.1, 0.15) is 18.2 Å². The third kappa shape index (κ3) is 3.33. The number of anilines is 1. The Kier molecular flexibility index (Phi) is 4.20. The van der Waals surface area contributed by atoms with E-state index in [-0.39, 0.29) is 24.0 Å². The zero-order valence-corrected chi connectivity index (χ0v) is 11.9. The summed E-state index contributed by atoms with van der Waals surface area (Å²) in [7, 11) is 0. The zero-order valence-electron chi connectivity index (χ0n) is 11.9. The van der Waals surface area contributed by atoms with Crippen LogP contribution >= 0.6 is 0 Å². The maximum atomic E-state index is 14.1. The molecule has 0 amide bonds. The van der Waals surface area contributed by atoms with Crippen LogP contribution in [0.3, 0.4) is 0 Å². The molecule has 6 heteroatoms. The van der Waals surface area contributed by atoms with Gasteiger partial charge in [-0.05, 0) is 24.1 Å². The molecule has 0 bridgehead atoms. The van der Waals surface area contributed by atoms with Crippen molar-refractivity contribution >= 4 is 5.82 Å². The summed E-state index contributed by atoms with van der Waals surface area (Å²) in [6, 6.07) is 7.29. The van der Waals surface area contributed by atoms with Crippen molar-refractivity contribution in [1.82, 2.24) is 4.98 Å². The van der Waals surface area contributed by atoms with Crippen LogP contribution in [0.25, 0.3) is 0 Å². The molecule has 0 saturated carbocycles. The first kappa shape index (κ1) is 14.7. The number of aromatic nitrogens is 1. The van der Waals surface area contributed by atoms with Crippen LogP contribution < -0.4 is 9.64 Å². The molecule has 0 unspecified atom stereocenters. The van der Waals surface area contributed by atoms with Crippen LogP contribution in [0.5, 0.6) is 5.75 Å². The van der Waals surface area contributed by atoms with E-state index in [4.69, 9.17) is 4.74 Å². The average Bonchev–Trinajstić information content (AvgIpc) is 2.92. The molecule has 1 atom stereocenters. The minimum Gasteiger partial charge on any atom is -0.487 e. The topological polar surface area (TPSA) is 45.6 Å². The molecule has 0 spiro atoms. The molecule has 22 heavy (non-hydrogen) atoms. The van der Waals surface area contributed by atoms with E-state index in [9.17, 15) is 13.9 Å². The van der Waals surface area contributed by atoms with Gasteiger partial charge in [0.05, 0.1) is 12.3 Å². The smallest absolute Gasteiger partial charge is 0.169 e. The summed E-state index contributed by atoms with van der Waals surface area (Å²) in [4.78, 5) is 5.77. The van der Waals surface area contributed by atoms with Crippen LogP contribution in [0.4, 0.5) is 14.6 Å². The summed E-state index contributed by atoms with van der Waals surface area (Å²) in [5, 5.41) is 9.49. The van der Waals surface area contributed by atoms with Crippen LogP contribution in [-0.4, -0.2) is 29.3 Å². The molecule has 1 aliphatic heterocycles. The van der Waals surface area contributed by atoms with E-state index >= 15 is 0 Å². The number of benzene rings is 1. The number of hydrogen-bond acceptors (Lipinski definition) is 4. The van der Waals surface area contributed by atoms with E-state index in [0.717, 1.165) is 0 Å². The first-order valence-corrected chi connectivity index (χ1v) is 7.07. The monoisotopic (exact) mass is 306 g/mol.